The first-order chi connectivity index (χ1) is 18.1. The number of rotatable bonds is 9. The summed E-state index contributed by atoms with van der Waals surface area (Å²) in [6.45, 7) is 11.8. The van der Waals surface area contributed by atoms with Crippen molar-refractivity contribution in [1.29, 1.82) is 0 Å². The predicted octanol–water partition coefficient (Wildman–Crippen LogP) is 2.91. The summed E-state index contributed by atoms with van der Waals surface area (Å²) in [5.41, 5.74) is -2.08. The minimum absolute atomic E-state index is 0.00889. The zero-order chi connectivity index (χ0) is 29.5. The van der Waals surface area contributed by atoms with E-state index in [1.807, 2.05) is 20.8 Å². The second kappa shape index (κ2) is 13.9. The van der Waals surface area contributed by atoms with E-state index in [1.54, 1.807) is 44.2 Å². The Labute approximate surface area is 231 Å². The van der Waals surface area contributed by atoms with Gasteiger partial charge in [-0.05, 0) is 38.8 Å². The molecule has 0 aliphatic carbocycles. The number of cyclic esters (lactones) is 1. The second-order valence-corrected chi connectivity index (χ2v) is 11.3. The average Bonchev–Trinajstić information content (AvgIpc) is 3.59. The lowest BCUT2D eigenvalue weighted by Crippen LogP contribution is -2.40. The summed E-state index contributed by atoms with van der Waals surface area (Å²) >= 11 is 0. The Bertz CT molecular complexity index is 961. The number of aliphatic hydroxyl groups excluding tert-OH is 2. The topological polar surface area (TPSA) is 146 Å². The molecule has 2 aliphatic heterocycles. The molecule has 0 bridgehead atoms. The van der Waals surface area contributed by atoms with Gasteiger partial charge in [0.15, 0.2) is 6.10 Å². The van der Waals surface area contributed by atoms with Crippen LogP contribution in [-0.2, 0) is 23.8 Å². The summed E-state index contributed by atoms with van der Waals surface area (Å²) in [5, 5.41) is 42.0. The van der Waals surface area contributed by atoms with Gasteiger partial charge >= 0.3 is 11.9 Å². The standard InChI is InChI=1S/C30H46O9/c1-8-23(33)20(4)28-24(38-28)17-29(6,35)14-9-10-18(2)27-19(3)11-12-25(37-21(5)31)30(7,36)15-13-22(32)16-26(34)39-27/h9-15,19-20,22-25,27-28,32-33,35-36H,8,16-17H2,1-7H3/b12-11+,14-9+,15-13+,18-10+. The first kappa shape index (κ1) is 32.9. The van der Waals surface area contributed by atoms with E-state index in [2.05, 4.69) is 0 Å². The Morgan fingerprint density at radius 2 is 1.97 bits per heavy atom. The molecule has 0 saturated carbocycles. The van der Waals surface area contributed by atoms with Gasteiger partial charge in [-0.25, -0.2) is 0 Å². The SMILES string of the molecule is CCC(O)C(C)C1OC1CC(C)(O)/C=C/C=C(\C)C1OC(=O)CC(O)/C=C/C(C)(O)C(OC(C)=O)/C=C/C1C. The Morgan fingerprint density at radius 3 is 2.59 bits per heavy atom. The van der Waals surface area contributed by atoms with Gasteiger partial charge in [0, 0.05) is 25.2 Å². The van der Waals surface area contributed by atoms with E-state index in [9.17, 15) is 30.0 Å². The summed E-state index contributed by atoms with van der Waals surface area (Å²) in [5.74, 6) is -1.57. The van der Waals surface area contributed by atoms with Crippen LogP contribution in [0, 0.1) is 11.8 Å². The second-order valence-electron chi connectivity index (χ2n) is 11.3. The molecule has 9 heteroatoms. The fourth-order valence-corrected chi connectivity index (χ4v) is 4.70. The largest absolute Gasteiger partial charge is 0.457 e. The minimum atomic E-state index is -1.61. The van der Waals surface area contributed by atoms with Gasteiger partial charge in [-0.2, -0.15) is 0 Å². The van der Waals surface area contributed by atoms with Crippen LogP contribution in [0.2, 0.25) is 0 Å². The Hall–Kier alpha value is -2.30. The van der Waals surface area contributed by atoms with Crippen LogP contribution >= 0.6 is 0 Å². The maximum atomic E-state index is 12.6. The van der Waals surface area contributed by atoms with E-state index in [1.165, 1.54) is 26.0 Å². The van der Waals surface area contributed by atoms with Crippen molar-refractivity contribution in [3.05, 3.63) is 48.1 Å². The third kappa shape index (κ3) is 10.3. The van der Waals surface area contributed by atoms with Crippen LogP contribution in [0.15, 0.2) is 48.1 Å². The molecule has 0 radical (unpaired) electrons. The number of epoxide rings is 1. The first-order valence-electron chi connectivity index (χ1n) is 13.6. The Kier molecular flexibility index (Phi) is 11.7. The molecule has 10 unspecified atom stereocenters. The van der Waals surface area contributed by atoms with Gasteiger partial charge in [0.2, 0.25) is 0 Å². The highest BCUT2D eigenvalue weighted by atomic mass is 16.6. The Morgan fingerprint density at radius 1 is 1.31 bits per heavy atom. The van der Waals surface area contributed by atoms with Gasteiger partial charge in [0.25, 0.3) is 0 Å². The predicted molar refractivity (Wildman–Crippen MR) is 146 cm³/mol. The number of allylic oxidation sites excluding steroid dienone is 2. The van der Waals surface area contributed by atoms with Crippen molar-refractivity contribution in [3.63, 3.8) is 0 Å². The van der Waals surface area contributed by atoms with Crippen molar-refractivity contribution in [3.8, 4) is 0 Å². The third-order valence-electron chi connectivity index (χ3n) is 7.27. The van der Waals surface area contributed by atoms with Crippen LogP contribution in [0.5, 0.6) is 0 Å². The lowest BCUT2D eigenvalue weighted by atomic mass is 9.91. The number of aliphatic hydroxyl groups is 4. The van der Waals surface area contributed by atoms with Crippen LogP contribution in [0.1, 0.15) is 67.7 Å². The molecule has 10 atom stereocenters. The van der Waals surface area contributed by atoms with Gasteiger partial charge < -0.3 is 34.6 Å². The van der Waals surface area contributed by atoms with Crippen LogP contribution in [0.25, 0.3) is 0 Å². The van der Waals surface area contributed by atoms with E-state index in [-0.39, 0.29) is 30.5 Å². The molecule has 39 heavy (non-hydrogen) atoms. The normalized spacial score (nSPS) is 37.0. The third-order valence-corrected chi connectivity index (χ3v) is 7.27. The summed E-state index contributed by atoms with van der Waals surface area (Å²) in [6, 6.07) is 0. The lowest BCUT2D eigenvalue weighted by Gasteiger charge is -2.29. The molecule has 0 aromatic carbocycles. The highest BCUT2D eigenvalue weighted by Crippen LogP contribution is 2.37. The molecular formula is C30H46O9. The lowest BCUT2D eigenvalue weighted by molar-refractivity contribution is -0.152. The molecule has 0 amide bonds. The summed E-state index contributed by atoms with van der Waals surface area (Å²) in [4.78, 5) is 24.2. The fourth-order valence-electron chi connectivity index (χ4n) is 4.70. The van der Waals surface area contributed by atoms with Crippen molar-refractivity contribution >= 4 is 11.9 Å². The van der Waals surface area contributed by atoms with Crippen molar-refractivity contribution in [1.82, 2.24) is 0 Å². The molecular weight excluding hydrogens is 504 g/mol. The average molecular weight is 551 g/mol. The first-order valence-corrected chi connectivity index (χ1v) is 13.6. The number of ether oxygens (including phenoxy) is 3. The molecule has 220 valence electrons. The van der Waals surface area contributed by atoms with Crippen molar-refractivity contribution in [2.24, 2.45) is 11.8 Å². The summed E-state index contributed by atoms with van der Waals surface area (Å²) < 4.78 is 16.7. The van der Waals surface area contributed by atoms with Gasteiger partial charge in [-0.3, -0.25) is 9.59 Å². The maximum absolute atomic E-state index is 12.6. The highest BCUT2D eigenvalue weighted by Gasteiger charge is 2.47. The molecule has 2 aliphatic rings. The van der Waals surface area contributed by atoms with E-state index < -0.39 is 47.6 Å². The van der Waals surface area contributed by atoms with Crippen LogP contribution < -0.4 is 0 Å². The highest BCUT2D eigenvalue weighted by molar-refractivity contribution is 5.71. The summed E-state index contributed by atoms with van der Waals surface area (Å²) in [6.07, 6.45) is 8.03. The Balaban J connectivity index is 2.19. The van der Waals surface area contributed by atoms with Crippen molar-refractivity contribution in [2.75, 3.05) is 0 Å². The number of hydrogen-bond acceptors (Lipinski definition) is 9. The quantitative estimate of drug-likeness (QED) is 0.147. The zero-order valence-corrected chi connectivity index (χ0v) is 24.1. The van der Waals surface area contributed by atoms with Crippen molar-refractivity contribution < 1.29 is 44.2 Å². The van der Waals surface area contributed by atoms with E-state index in [0.29, 0.717) is 18.4 Å². The number of carbonyl (C=O) groups excluding carboxylic acids is 2. The van der Waals surface area contributed by atoms with Gasteiger partial charge in [-0.15, -0.1) is 0 Å². The molecule has 0 aromatic rings. The molecule has 2 heterocycles. The monoisotopic (exact) mass is 550 g/mol. The van der Waals surface area contributed by atoms with Crippen LogP contribution in [0.4, 0.5) is 0 Å². The fraction of sp³-hybridized carbons (Fsp3) is 0.667. The molecule has 1 fully saturated rings. The molecule has 2 rings (SSSR count). The number of hydrogen-bond donors (Lipinski definition) is 4. The maximum Gasteiger partial charge on any atom is 0.309 e. The minimum Gasteiger partial charge on any atom is -0.457 e. The molecule has 4 N–H and O–H groups in total. The number of carbonyl (C=O) groups is 2. The van der Waals surface area contributed by atoms with E-state index >= 15 is 0 Å². The zero-order valence-electron chi connectivity index (χ0n) is 24.1. The molecule has 0 aromatic heterocycles. The smallest absolute Gasteiger partial charge is 0.309 e. The van der Waals surface area contributed by atoms with Crippen molar-refractivity contribution in [2.45, 2.75) is 116 Å². The molecule has 9 nitrogen and oxygen atoms in total. The van der Waals surface area contributed by atoms with Crippen LogP contribution in [0.3, 0.4) is 0 Å². The van der Waals surface area contributed by atoms with Gasteiger partial charge in [-0.1, -0.05) is 57.2 Å². The molecule has 0 spiro atoms. The van der Waals surface area contributed by atoms with Gasteiger partial charge in [0.05, 0.1) is 36.4 Å². The van der Waals surface area contributed by atoms with E-state index in [4.69, 9.17) is 14.2 Å². The number of esters is 2. The molecule has 1 saturated heterocycles. The summed E-state index contributed by atoms with van der Waals surface area (Å²) in [7, 11) is 0. The van der Waals surface area contributed by atoms with E-state index in [0.717, 1.165) is 0 Å². The van der Waals surface area contributed by atoms with Crippen LogP contribution in [-0.4, -0.2) is 80.2 Å². The van der Waals surface area contributed by atoms with Gasteiger partial charge in [0.1, 0.15) is 11.7 Å².